The minimum atomic E-state index is 0.897. The molecule has 2 nitrogen and oxygen atoms in total. The average Bonchev–Trinajstić information content (AvgIpc) is 3.63. The van der Waals surface area contributed by atoms with Crippen LogP contribution in [-0.4, -0.2) is 0 Å². The molecule has 10 aromatic rings. The van der Waals surface area contributed by atoms with Crippen LogP contribution in [0.1, 0.15) is 0 Å². The summed E-state index contributed by atoms with van der Waals surface area (Å²) in [6.45, 7) is 0. The van der Waals surface area contributed by atoms with E-state index >= 15 is 0 Å². The number of rotatable bonds is 7. The van der Waals surface area contributed by atoms with Gasteiger partial charge in [0.1, 0.15) is 11.2 Å². The quantitative estimate of drug-likeness (QED) is 0.166. The van der Waals surface area contributed by atoms with Crippen LogP contribution in [0.5, 0.6) is 0 Å². The Morgan fingerprint density at radius 2 is 0.759 bits per heavy atom. The molecule has 1 aromatic heterocycles. The third-order valence-electron chi connectivity index (χ3n) is 10.5. The zero-order chi connectivity index (χ0) is 35.8. The zero-order valence-corrected chi connectivity index (χ0v) is 29.6. The predicted octanol–water partition coefficient (Wildman–Crippen LogP) is 14.9. The predicted molar refractivity (Wildman–Crippen MR) is 228 cm³/mol. The lowest BCUT2D eigenvalue weighted by Gasteiger charge is -2.26. The molecule has 9 aromatic carbocycles. The number of hydrogen-bond donors (Lipinski definition) is 0. The molecule has 2 heteroatoms. The standard InChI is InChI=1S/C52H35NO/c1-4-13-36(14-5-1)39-23-28-43(29-24-39)53(45-20-12-19-41(33-45)37-15-6-2-7-16-37)44-30-25-40(26-31-44)48-35-50-49-34-42(38-17-8-3-9-18-38)27-32-51(49)54-52(50)47-22-11-10-21-46(47)48/h1-35H. The summed E-state index contributed by atoms with van der Waals surface area (Å²) in [7, 11) is 0. The van der Waals surface area contributed by atoms with E-state index in [1.54, 1.807) is 0 Å². The van der Waals surface area contributed by atoms with Gasteiger partial charge >= 0.3 is 0 Å². The molecule has 0 atom stereocenters. The minimum Gasteiger partial charge on any atom is -0.455 e. The largest absolute Gasteiger partial charge is 0.455 e. The highest BCUT2D eigenvalue weighted by molar-refractivity contribution is 6.19. The van der Waals surface area contributed by atoms with Crippen LogP contribution in [0, 0.1) is 0 Å². The van der Waals surface area contributed by atoms with E-state index in [1.807, 2.05) is 0 Å². The van der Waals surface area contributed by atoms with Crippen molar-refractivity contribution in [1.82, 2.24) is 0 Å². The highest BCUT2D eigenvalue weighted by atomic mass is 16.3. The van der Waals surface area contributed by atoms with Crippen molar-refractivity contribution < 1.29 is 4.42 Å². The third kappa shape index (κ3) is 5.71. The van der Waals surface area contributed by atoms with Gasteiger partial charge in [-0.3, -0.25) is 0 Å². The van der Waals surface area contributed by atoms with Crippen molar-refractivity contribution in [2.45, 2.75) is 0 Å². The first kappa shape index (κ1) is 31.6. The lowest BCUT2D eigenvalue weighted by atomic mass is 9.94. The topological polar surface area (TPSA) is 16.4 Å². The summed E-state index contributed by atoms with van der Waals surface area (Å²) in [6, 6.07) is 75.8. The second-order valence-corrected chi connectivity index (χ2v) is 13.7. The van der Waals surface area contributed by atoms with Crippen LogP contribution in [0.4, 0.5) is 17.1 Å². The number of nitrogens with zero attached hydrogens (tertiary/aromatic N) is 1. The molecule has 0 saturated carbocycles. The first-order chi connectivity index (χ1) is 26.8. The van der Waals surface area contributed by atoms with E-state index in [0.29, 0.717) is 0 Å². The van der Waals surface area contributed by atoms with E-state index in [9.17, 15) is 0 Å². The molecule has 0 saturated heterocycles. The van der Waals surface area contributed by atoms with Gasteiger partial charge in [0.25, 0.3) is 0 Å². The summed E-state index contributed by atoms with van der Waals surface area (Å²) in [6.07, 6.45) is 0. The first-order valence-electron chi connectivity index (χ1n) is 18.4. The summed E-state index contributed by atoms with van der Waals surface area (Å²) in [4.78, 5) is 2.35. The van der Waals surface area contributed by atoms with E-state index in [-0.39, 0.29) is 0 Å². The van der Waals surface area contributed by atoms with Gasteiger partial charge in [0.2, 0.25) is 0 Å². The third-order valence-corrected chi connectivity index (χ3v) is 10.5. The molecule has 54 heavy (non-hydrogen) atoms. The molecular formula is C52H35NO. The Balaban J connectivity index is 1.09. The minimum absolute atomic E-state index is 0.897. The number of hydrogen-bond acceptors (Lipinski definition) is 2. The molecule has 0 aliphatic heterocycles. The molecular weight excluding hydrogens is 655 g/mol. The maximum absolute atomic E-state index is 6.57. The lowest BCUT2D eigenvalue weighted by Crippen LogP contribution is -2.10. The van der Waals surface area contributed by atoms with Gasteiger partial charge in [-0.2, -0.15) is 0 Å². The fraction of sp³-hybridized carbons (Fsp3) is 0. The van der Waals surface area contributed by atoms with Gasteiger partial charge in [0.15, 0.2) is 0 Å². The molecule has 0 fully saturated rings. The van der Waals surface area contributed by atoms with E-state index in [2.05, 4.69) is 217 Å². The van der Waals surface area contributed by atoms with Gasteiger partial charge in [-0.1, -0.05) is 158 Å². The molecule has 1 heterocycles. The van der Waals surface area contributed by atoms with Crippen molar-refractivity contribution in [2.75, 3.05) is 4.90 Å². The molecule has 0 bridgehead atoms. The van der Waals surface area contributed by atoms with Crippen LogP contribution in [0.25, 0.3) is 77.2 Å². The van der Waals surface area contributed by atoms with Crippen LogP contribution < -0.4 is 4.90 Å². The van der Waals surface area contributed by atoms with E-state index in [4.69, 9.17) is 4.42 Å². The maximum atomic E-state index is 6.57. The first-order valence-corrected chi connectivity index (χ1v) is 18.4. The van der Waals surface area contributed by atoms with E-state index < -0.39 is 0 Å². The molecule has 0 aliphatic rings. The summed E-state index contributed by atoms with van der Waals surface area (Å²) in [5, 5.41) is 4.53. The van der Waals surface area contributed by atoms with Crippen molar-refractivity contribution in [3.05, 3.63) is 212 Å². The zero-order valence-electron chi connectivity index (χ0n) is 29.6. The summed E-state index contributed by atoms with van der Waals surface area (Å²) in [5.41, 5.74) is 14.6. The Morgan fingerprint density at radius 1 is 0.278 bits per heavy atom. The van der Waals surface area contributed by atoms with Gasteiger partial charge in [0, 0.05) is 33.2 Å². The van der Waals surface area contributed by atoms with Crippen molar-refractivity contribution >= 4 is 49.8 Å². The van der Waals surface area contributed by atoms with E-state index in [0.717, 1.165) is 50.0 Å². The Kier molecular flexibility index (Phi) is 7.85. The summed E-state index contributed by atoms with van der Waals surface area (Å²) in [5.74, 6) is 0. The Labute approximate surface area is 314 Å². The number of furan rings is 1. The number of anilines is 3. The van der Waals surface area contributed by atoms with Crippen molar-refractivity contribution in [1.29, 1.82) is 0 Å². The molecule has 0 unspecified atom stereocenters. The van der Waals surface area contributed by atoms with E-state index in [1.165, 1.54) is 44.3 Å². The monoisotopic (exact) mass is 689 g/mol. The molecule has 0 N–H and O–H groups in total. The summed E-state index contributed by atoms with van der Waals surface area (Å²) < 4.78 is 6.57. The van der Waals surface area contributed by atoms with Crippen LogP contribution >= 0.6 is 0 Å². The Hall–Kier alpha value is -7.16. The second kappa shape index (κ2) is 13.4. The van der Waals surface area contributed by atoms with Gasteiger partial charge in [0.05, 0.1) is 0 Å². The fourth-order valence-electron chi connectivity index (χ4n) is 7.77. The smallest absolute Gasteiger partial charge is 0.143 e. The Bertz CT molecular complexity index is 2890. The van der Waals surface area contributed by atoms with Crippen LogP contribution in [0.3, 0.4) is 0 Å². The second-order valence-electron chi connectivity index (χ2n) is 13.7. The normalized spacial score (nSPS) is 11.3. The highest BCUT2D eigenvalue weighted by Gasteiger charge is 2.18. The maximum Gasteiger partial charge on any atom is 0.143 e. The molecule has 0 spiro atoms. The van der Waals surface area contributed by atoms with Crippen molar-refractivity contribution in [3.63, 3.8) is 0 Å². The number of benzene rings is 9. The van der Waals surface area contributed by atoms with Crippen molar-refractivity contribution in [3.8, 4) is 44.5 Å². The Morgan fingerprint density at radius 3 is 1.39 bits per heavy atom. The average molecular weight is 690 g/mol. The molecule has 254 valence electrons. The lowest BCUT2D eigenvalue weighted by molar-refractivity contribution is 0.673. The van der Waals surface area contributed by atoms with Gasteiger partial charge in [-0.05, 0) is 104 Å². The van der Waals surface area contributed by atoms with Gasteiger partial charge in [-0.25, -0.2) is 0 Å². The van der Waals surface area contributed by atoms with Crippen molar-refractivity contribution in [2.24, 2.45) is 0 Å². The van der Waals surface area contributed by atoms with Crippen LogP contribution in [0.15, 0.2) is 217 Å². The molecule has 10 rings (SSSR count). The van der Waals surface area contributed by atoms with Gasteiger partial charge < -0.3 is 9.32 Å². The van der Waals surface area contributed by atoms with Gasteiger partial charge in [-0.15, -0.1) is 0 Å². The SMILES string of the molecule is c1ccc(-c2ccc(N(c3ccc(-c4cc5c6cc(-c7ccccc7)ccc6oc5c5ccccc45)cc3)c3cccc(-c4ccccc4)c3)cc2)cc1. The molecule has 0 aliphatic carbocycles. The van der Waals surface area contributed by atoms with Crippen LogP contribution in [0.2, 0.25) is 0 Å². The fourth-order valence-corrected chi connectivity index (χ4v) is 7.77. The summed E-state index contributed by atoms with van der Waals surface area (Å²) >= 11 is 0. The van der Waals surface area contributed by atoms with Crippen LogP contribution in [-0.2, 0) is 0 Å². The molecule has 0 radical (unpaired) electrons. The number of fused-ring (bicyclic) bond motifs is 5. The highest BCUT2D eigenvalue weighted by Crippen LogP contribution is 2.43. The molecule has 0 amide bonds.